The van der Waals surface area contributed by atoms with E-state index >= 15 is 0 Å². The molecule has 0 aromatic heterocycles. The lowest BCUT2D eigenvalue weighted by Crippen LogP contribution is -2.57. The van der Waals surface area contributed by atoms with Crippen LogP contribution in [-0.2, 0) is 14.3 Å². The molecule has 0 spiro atoms. The number of hydrogen-bond donors (Lipinski definition) is 3. The SMILES string of the molecule is COC(=O)C(C)(O)CNC(C)(C)C(N)=O. The third-order valence-electron chi connectivity index (χ3n) is 2.12. The second-order valence-electron chi connectivity index (χ2n) is 4.11. The maximum absolute atomic E-state index is 11.1. The minimum Gasteiger partial charge on any atom is -0.467 e. The first-order valence-corrected chi connectivity index (χ1v) is 4.49. The second-order valence-corrected chi connectivity index (χ2v) is 4.11. The van der Waals surface area contributed by atoms with E-state index in [1.807, 2.05) is 0 Å². The van der Waals surface area contributed by atoms with Gasteiger partial charge in [0, 0.05) is 6.54 Å². The lowest BCUT2D eigenvalue weighted by atomic mass is 10.0. The molecule has 0 fully saturated rings. The van der Waals surface area contributed by atoms with Crippen molar-refractivity contribution < 1.29 is 19.4 Å². The number of amides is 1. The Bertz CT molecular complexity index is 261. The van der Waals surface area contributed by atoms with Crippen LogP contribution in [0.5, 0.6) is 0 Å². The van der Waals surface area contributed by atoms with Gasteiger partial charge in [-0.25, -0.2) is 4.79 Å². The van der Waals surface area contributed by atoms with Gasteiger partial charge in [-0.2, -0.15) is 0 Å². The number of nitrogens with one attached hydrogen (secondary N) is 1. The Morgan fingerprint density at radius 1 is 1.40 bits per heavy atom. The lowest BCUT2D eigenvalue weighted by molar-refractivity contribution is -0.160. The molecular formula is C9H18N2O4. The first kappa shape index (κ1) is 13.9. The highest BCUT2D eigenvalue weighted by atomic mass is 16.5. The summed E-state index contributed by atoms with van der Waals surface area (Å²) < 4.78 is 4.40. The van der Waals surface area contributed by atoms with Crippen molar-refractivity contribution in [2.45, 2.75) is 31.9 Å². The van der Waals surface area contributed by atoms with E-state index in [0.717, 1.165) is 0 Å². The molecule has 6 heteroatoms. The summed E-state index contributed by atoms with van der Waals surface area (Å²) in [5, 5.41) is 12.3. The summed E-state index contributed by atoms with van der Waals surface area (Å²) in [6, 6.07) is 0. The van der Waals surface area contributed by atoms with Crippen molar-refractivity contribution in [3.05, 3.63) is 0 Å². The third-order valence-corrected chi connectivity index (χ3v) is 2.12. The van der Waals surface area contributed by atoms with Gasteiger partial charge in [-0.05, 0) is 20.8 Å². The van der Waals surface area contributed by atoms with Gasteiger partial charge in [0.1, 0.15) is 0 Å². The van der Waals surface area contributed by atoms with Gasteiger partial charge >= 0.3 is 5.97 Å². The minimum atomic E-state index is -1.68. The molecule has 0 rings (SSSR count). The highest BCUT2D eigenvalue weighted by molar-refractivity contribution is 5.84. The zero-order valence-electron chi connectivity index (χ0n) is 9.46. The van der Waals surface area contributed by atoms with Crippen LogP contribution in [0.3, 0.4) is 0 Å². The Labute approximate surface area is 88.8 Å². The number of nitrogens with two attached hydrogens (primary N) is 1. The van der Waals surface area contributed by atoms with E-state index in [4.69, 9.17) is 5.73 Å². The molecule has 0 saturated carbocycles. The molecule has 0 heterocycles. The first-order valence-electron chi connectivity index (χ1n) is 4.49. The van der Waals surface area contributed by atoms with Crippen molar-refractivity contribution in [1.29, 1.82) is 0 Å². The van der Waals surface area contributed by atoms with Gasteiger partial charge in [-0.3, -0.25) is 4.79 Å². The summed E-state index contributed by atoms with van der Waals surface area (Å²) in [5.41, 5.74) is 2.44. The summed E-state index contributed by atoms with van der Waals surface area (Å²) in [7, 11) is 1.18. The standard InChI is InChI=1S/C9H18N2O4/c1-8(2,6(10)12)11-5-9(3,14)7(13)15-4/h11,14H,5H2,1-4H3,(H2,10,12). The molecule has 0 aliphatic rings. The summed E-state index contributed by atoms with van der Waals surface area (Å²) >= 11 is 0. The molecular weight excluding hydrogens is 200 g/mol. The zero-order valence-corrected chi connectivity index (χ0v) is 9.46. The predicted molar refractivity (Wildman–Crippen MR) is 53.9 cm³/mol. The highest BCUT2D eigenvalue weighted by Gasteiger charge is 2.34. The molecule has 0 aliphatic carbocycles. The van der Waals surface area contributed by atoms with Gasteiger partial charge in [-0.15, -0.1) is 0 Å². The largest absolute Gasteiger partial charge is 0.467 e. The molecule has 1 atom stereocenters. The van der Waals surface area contributed by atoms with Crippen molar-refractivity contribution in [2.75, 3.05) is 13.7 Å². The number of hydrogen-bond acceptors (Lipinski definition) is 5. The number of rotatable bonds is 5. The van der Waals surface area contributed by atoms with Crippen LogP contribution in [0.2, 0.25) is 0 Å². The molecule has 1 unspecified atom stereocenters. The lowest BCUT2D eigenvalue weighted by Gasteiger charge is -2.27. The Hall–Kier alpha value is -1.14. The second kappa shape index (κ2) is 4.59. The van der Waals surface area contributed by atoms with Crippen molar-refractivity contribution in [3.63, 3.8) is 0 Å². The minimum absolute atomic E-state index is 0.115. The number of aliphatic hydroxyl groups is 1. The Balaban J connectivity index is 4.39. The zero-order chi connectivity index (χ0) is 12.3. The van der Waals surface area contributed by atoms with Crippen LogP contribution in [0, 0.1) is 0 Å². The fourth-order valence-corrected chi connectivity index (χ4v) is 0.772. The summed E-state index contributed by atoms with van der Waals surface area (Å²) in [6.45, 7) is 4.30. The van der Waals surface area contributed by atoms with Crippen molar-refractivity contribution in [2.24, 2.45) is 5.73 Å². The highest BCUT2D eigenvalue weighted by Crippen LogP contribution is 2.07. The Morgan fingerprint density at radius 2 is 1.87 bits per heavy atom. The monoisotopic (exact) mass is 218 g/mol. The smallest absolute Gasteiger partial charge is 0.338 e. The maximum Gasteiger partial charge on any atom is 0.338 e. The molecule has 0 aliphatic heterocycles. The molecule has 0 saturated heterocycles. The van der Waals surface area contributed by atoms with Gasteiger partial charge in [-0.1, -0.05) is 0 Å². The average molecular weight is 218 g/mol. The number of primary amides is 1. The van der Waals surface area contributed by atoms with Gasteiger partial charge in [0.05, 0.1) is 12.6 Å². The van der Waals surface area contributed by atoms with Crippen LogP contribution in [0.1, 0.15) is 20.8 Å². The molecule has 0 radical (unpaired) electrons. The molecule has 4 N–H and O–H groups in total. The summed E-state index contributed by atoms with van der Waals surface area (Å²) in [4.78, 5) is 22.0. The normalized spacial score (nSPS) is 15.5. The quantitative estimate of drug-likeness (QED) is 0.501. The van der Waals surface area contributed by atoms with E-state index in [0.29, 0.717) is 0 Å². The number of β-amino-alcohol motifs (C(OH)–C–C–N with tert-alkyl or cyclic N) is 1. The molecule has 15 heavy (non-hydrogen) atoms. The van der Waals surface area contributed by atoms with Crippen LogP contribution in [0.25, 0.3) is 0 Å². The van der Waals surface area contributed by atoms with E-state index in [2.05, 4.69) is 10.1 Å². The first-order chi connectivity index (χ1) is 6.63. The van der Waals surface area contributed by atoms with Crippen LogP contribution >= 0.6 is 0 Å². The van der Waals surface area contributed by atoms with E-state index in [1.165, 1.54) is 14.0 Å². The van der Waals surface area contributed by atoms with Crippen LogP contribution in [0.4, 0.5) is 0 Å². The Kier molecular flexibility index (Phi) is 4.24. The number of ether oxygens (including phenoxy) is 1. The van der Waals surface area contributed by atoms with E-state index < -0.39 is 23.0 Å². The maximum atomic E-state index is 11.1. The van der Waals surface area contributed by atoms with Gasteiger partial charge < -0.3 is 20.9 Å². The molecule has 0 aromatic carbocycles. The van der Waals surface area contributed by atoms with Crippen molar-refractivity contribution in [3.8, 4) is 0 Å². The topological polar surface area (TPSA) is 102 Å². The number of carbonyl (C=O) groups excluding carboxylic acids is 2. The van der Waals surface area contributed by atoms with Gasteiger partial charge in [0.2, 0.25) is 5.91 Å². The summed E-state index contributed by atoms with van der Waals surface area (Å²) in [6.07, 6.45) is 0. The van der Waals surface area contributed by atoms with E-state index in [9.17, 15) is 14.7 Å². The molecule has 0 aromatic rings. The van der Waals surface area contributed by atoms with Gasteiger partial charge in [0.25, 0.3) is 0 Å². The average Bonchev–Trinajstić information content (AvgIpc) is 2.13. The Morgan fingerprint density at radius 3 is 2.20 bits per heavy atom. The number of methoxy groups -OCH3 is 1. The fourth-order valence-electron chi connectivity index (χ4n) is 0.772. The molecule has 1 amide bonds. The fraction of sp³-hybridized carbons (Fsp3) is 0.778. The van der Waals surface area contributed by atoms with Crippen molar-refractivity contribution >= 4 is 11.9 Å². The third kappa shape index (κ3) is 3.85. The summed E-state index contributed by atoms with van der Waals surface area (Å²) in [5.74, 6) is -1.33. The molecule has 0 bridgehead atoms. The predicted octanol–water partition coefficient (Wildman–Crippen LogP) is -1.24. The van der Waals surface area contributed by atoms with Crippen molar-refractivity contribution in [1.82, 2.24) is 5.32 Å². The van der Waals surface area contributed by atoms with E-state index in [-0.39, 0.29) is 6.54 Å². The number of esters is 1. The van der Waals surface area contributed by atoms with Crippen LogP contribution in [0.15, 0.2) is 0 Å². The molecule has 88 valence electrons. The number of carbonyl (C=O) groups is 2. The van der Waals surface area contributed by atoms with Gasteiger partial charge in [0.15, 0.2) is 5.60 Å². The van der Waals surface area contributed by atoms with Crippen LogP contribution in [-0.4, -0.2) is 41.8 Å². The van der Waals surface area contributed by atoms with E-state index in [1.54, 1.807) is 13.8 Å². The molecule has 6 nitrogen and oxygen atoms in total. The van der Waals surface area contributed by atoms with Crippen LogP contribution < -0.4 is 11.1 Å².